The number of ether oxygens (including phenoxy) is 1. The van der Waals surface area contributed by atoms with E-state index in [0.717, 1.165) is 11.3 Å². The largest absolute Gasteiger partial charge is 0.471 e. The third kappa shape index (κ3) is 2.58. The predicted molar refractivity (Wildman–Crippen MR) is 70.7 cm³/mol. The van der Waals surface area contributed by atoms with Gasteiger partial charge in [0.15, 0.2) is 0 Å². The second kappa shape index (κ2) is 5.13. The Morgan fingerprint density at radius 1 is 1.18 bits per heavy atom. The number of hydrogen-bond donors (Lipinski definition) is 0. The second-order valence-corrected chi connectivity index (χ2v) is 7.04. The van der Waals surface area contributed by atoms with Crippen molar-refractivity contribution in [3.05, 3.63) is 0 Å². The van der Waals surface area contributed by atoms with Crippen LogP contribution in [0.3, 0.4) is 0 Å². The average Bonchev–Trinajstić information content (AvgIpc) is 2.42. The SMILES string of the molecule is COC(=O)CCC12CC3C[C@H](C1)N(C(=O)C(F)(F)F)[C@@H](C3)C2. The third-order valence-corrected chi connectivity index (χ3v) is 5.62. The quantitative estimate of drug-likeness (QED) is 0.751. The van der Waals surface area contributed by atoms with Crippen LogP contribution in [-0.4, -0.2) is 42.1 Å². The van der Waals surface area contributed by atoms with E-state index >= 15 is 0 Å². The standard InChI is InChI=1S/C15H20F3NO3/c1-22-12(20)2-3-14-6-9-4-10(7-14)19(11(5-9)8-14)13(21)15(16,17)18/h9-11H,2-8H2,1H3/t9?,10-,11+,14?. The van der Waals surface area contributed by atoms with Crippen LogP contribution in [0.25, 0.3) is 0 Å². The Labute approximate surface area is 127 Å². The average molecular weight is 319 g/mol. The van der Waals surface area contributed by atoms with E-state index in [1.54, 1.807) is 0 Å². The Hall–Kier alpha value is -1.27. The second-order valence-electron chi connectivity index (χ2n) is 7.04. The molecule has 2 unspecified atom stereocenters. The minimum atomic E-state index is -4.80. The van der Waals surface area contributed by atoms with Gasteiger partial charge in [-0.2, -0.15) is 13.2 Å². The zero-order chi connectivity index (χ0) is 16.1. The molecule has 4 fully saturated rings. The zero-order valence-electron chi connectivity index (χ0n) is 12.5. The summed E-state index contributed by atoms with van der Waals surface area (Å²) in [6.07, 6.45) is -0.388. The molecule has 124 valence electrons. The highest BCUT2D eigenvalue weighted by Gasteiger charge is 2.58. The minimum Gasteiger partial charge on any atom is -0.469 e. The Bertz CT molecular complexity index is 475. The van der Waals surface area contributed by atoms with Crippen LogP contribution in [0.5, 0.6) is 0 Å². The van der Waals surface area contributed by atoms with E-state index in [2.05, 4.69) is 4.74 Å². The van der Waals surface area contributed by atoms with Gasteiger partial charge in [-0.3, -0.25) is 9.59 Å². The van der Waals surface area contributed by atoms with Gasteiger partial charge in [-0.1, -0.05) is 0 Å². The number of amides is 1. The van der Waals surface area contributed by atoms with Crippen molar-refractivity contribution in [1.29, 1.82) is 0 Å². The summed E-state index contributed by atoms with van der Waals surface area (Å²) in [7, 11) is 1.34. The van der Waals surface area contributed by atoms with Crippen LogP contribution in [0.15, 0.2) is 0 Å². The van der Waals surface area contributed by atoms with Crippen molar-refractivity contribution in [2.45, 2.75) is 63.2 Å². The number of carbonyl (C=O) groups is 2. The molecule has 4 nitrogen and oxygen atoms in total. The molecule has 2 heterocycles. The fourth-order valence-electron chi connectivity index (χ4n) is 5.04. The van der Waals surface area contributed by atoms with Gasteiger partial charge in [-0.05, 0) is 49.9 Å². The number of carbonyl (C=O) groups excluding carboxylic acids is 2. The molecule has 22 heavy (non-hydrogen) atoms. The molecule has 0 N–H and O–H groups in total. The summed E-state index contributed by atoms with van der Waals surface area (Å²) in [4.78, 5) is 24.2. The number of hydrogen-bond acceptors (Lipinski definition) is 3. The van der Waals surface area contributed by atoms with Gasteiger partial charge in [0.25, 0.3) is 0 Å². The summed E-state index contributed by atoms with van der Waals surface area (Å²) < 4.78 is 43.0. The predicted octanol–water partition coefficient (Wildman–Crippen LogP) is 2.66. The van der Waals surface area contributed by atoms with Crippen molar-refractivity contribution in [2.75, 3.05) is 7.11 Å². The van der Waals surface area contributed by atoms with Crippen molar-refractivity contribution in [3.63, 3.8) is 0 Å². The summed E-state index contributed by atoms with van der Waals surface area (Å²) in [6, 6.07) is -0.643. The third-order valence-electron chi connectivity index (χ3n) is 5.62. The number of piperidine rings is 2. The van der Waals surface area contributed by atoms with Crippen LogP contribution in [0.1, 0.15) is 44.9 Å². The maximum atomic E-state index is 12.8. The van der Waals surface area contributed by atoms with E-state index in [9.17, 15) is 22.8 Å². The van der Waals surface area contributed by atoms with E-state index in [1.165, 1.54) is 7.11 Å². The van der Waals surface area contributed by atoms with E-state index in [0.29, 0.717) is 44.4 Å². The summed E-state index contributed by atoms with van der Waals surface area (Å²) in [5.74, 6) is -1.59. The van der Waals surface area contributed by atoms with Gasteiger partial charge in [0, 0.05) is 18.5 Å². The Morgan fingerprint density at radius 3 is 2.27 bits per heavy atom. The molecule has 4 rings (SSSR count). The molecule has 0 aromatic heterocycles. The van der Waals surface area contributed by atoms with Gasteiger partial charge in [0.2, 0.25) is 0 Å². The van der Waals surface area contributed by atoms with Crippen molar-refractivity contribution in [1.82, 2.24) is 4.90 Å². The van der Waals surface area contributed by atoms with Gasteiger partial charge in [0.05, 0.1) is 7.11 Å². The van der Waals surface area contributed by atoms with Gasteiger partial charge < -0.3 is 9.64 Å². The van der Waals surface area contributed by atoms with Crippen molar-refractivity contribution in [3.8, 4) is 0 Å². The van der Waals surface area contributed by atoms with Crippen LogP contribution in [0, 0.1) is 11.3 Å². The number of halogens is 3. The van der Waals surface area contributed by atoms with Crippen LogP contribution in [0.2, 0.25) is 0 Å². The van der Waals surface area contributed by atoms with E-state index in [-0.39, 0.29) is 23.5 Å². The van der Waals surface area contributed by atoms with Gasteiger partial charge in [-0.15, -0.1) is 0 Å². The lowest BCUT2D eigenvalue weighted by Gasteiger charge is -2.61. The summed E-state index contributed by atoms with van der Waals surface area (Å²) in [5, 5.41) is 0. The normalized spacial score (nSPS) is 36.5. The first-order chi connectivity index (χ1) is 10.2. The summed E-state index contributed by atoms with van der Waals surface area (Å²) in [5.41, 5.74) is -0.0902. The number of methoxy groups -OCH3 is 1. The van der Waals surface area contributed by atoms with E-state index < -0.39 is 12.1 Å². The highest BCUT2D eigenvalue weighted by atomic mass is 19.4. The van der Waals surface area contributed by atoms with Crippen LogP contribution in [-0.2, 0) is 14.3 Å². The molecule has 0 aromatic carbocycles. The smallest absolute Gasteiger partial charge is 0.469 e. The molecule has 7 heteroatoms. The lowest BCUT2D eigenvalue weighted by molar-refractivity contribution is -0.206. The molecule has 4 atom stereocenters. The lowest BCUT2D eigenvalue weighted by atomic mass is 9.54. The van der Waals surface area contributed by atoms with Crippen LogP contribution < -0.4 is 0 Å². The molecule has 0 radical (unpaired) electrons. The summed E-state index contributed by atoms with van der Waals surface area (Å²) >= 11 is 0. The highest BCUT2D eigenvalue weighted by Crippen LogP contribution is 2.58. The van der Waals surface area contributed by atoms with Crippen LogP contribution in [0.4, 0.5) is 13.2 Å². The molecule has 4 bridgehead atoms. The molecular formula is C15H20F3NO3. The number of rotatable bonds is 3. The molecule has 1 amide bonds. The molecule has 2 saturated carbocycles. The monoisotopic (exact) mass is 319 g/mol. The zero-order valence-corrected chi connectivity index (χ0v) is 12.5. The van der Waals surface area contributed by atoms with Crippen molar-refractivity contribution in [2.24, 2.45) is 11.3 Å². The van der Waals surface area contributed by atoms with E-state index in [1.807, 2.05) is 0 Å². The van der Waals surface area contributed by atoms with E-state index in [4.69, 9.17) is 0 Å². The first-order valence-corrected chi connectivity index (χ1v) is 7.70. The number of alkyl halides is 3. The van der Waals surface area contributed by atoms with Gasteiger partial charge in [0.1, 0.15) is 0 Å². The molecule has 2 aliphatic carbocycles. The Kier molecular flexibility index (Phi) is 3.64. The Morgan fingerprint density at radius 2 is 1.77 bits per heavy atom. The summed E-state index contributed by atoms with van der Waals surface area (Å²) in [6.45, 7) is 0. The first kappa shape index (κ1) is 15.6. The molecule has 0 aromatic rings. The van der Waals surface area contributed by atoms with Crippen LogP contribution >= 0.6 is 0 Å². The fourth-order valence-corrected chi connectivity index (χ4v) is 5.04. The fraction of sp³-hybridized carbons (Fsp3) is 0.867. The topological polar surface area (TPSA) is 46.6 Å². The molecule has 4 aliphatic rings. The molecule has 2 saturated heterocycles. The van der Waals surface area contributed by atoms with Crippen molar-refractivity contribution >= 4 is 11.9 Å². The maximum Gasteiger partial charge on any atom is 0.471 e. The molecule has 2 aliphatic heterocycles. The highest BCUT2D eigenvalue weighted by molar-refractivity contribution is 5.82. The van der Waals surface area contributed by atoms with Gasteiger partial charge in [-0.25, -0.2) is 0 Å². The van der Waals surface area contributed by atoms with Crippen molar-refractivity contribution < 1.29 is 27.5 Å². The minimum absolute atomic E-state index is 0.0902. The molecule has 0 spiro atoms. The first-order valence-electron chi connectivity index (χ1n) is 7.70. The van der Waals surface area contributed by atoms with Gasteiger partial charge >= 0.3 is 18.1 Å². The Balaban J connectivity index is 1.75. The number of nitrogens with zero attached hydrogens (tertiary/aromatic N) is 1. The molecular weight excluding hydrogens is 299 g/mol. The maximum absolute atomic E-state index is 12.8. The lowest BCUT2D eigenvalue weighted by Crippen LogP contribution is -2.65. The number of esters is 1.